The molecule has 11 heavy (non-hydrogen) atoms. The molecule has 64 valence electrons. The molecule has 0 unspecified atom stereocenters. The van der Waals surface area contributed by atoms with E-state index in [0.29, 0.717) is 13.2 Å². The van der Waals surface area contributed by atoms with Crippen LogP contribution in [0.3, 0.4) is 0 Å². The van der Waals surface area contributed by atoms with Gasteiger partial charge < -0.3 is 15.2 Å². The van der Waals surface area contributed by atoms with Gasteiger partial charge in [-0.25, -0.2) is 0 Å². The van der Waals surface area contributed by atoms with E-state index >= 15 is 0 Å². The molecule has 4 nitrogen and oxygen atoms in total. The molecule has 4 heteroatoms. The molecule has 0 aromatic carbocycles. The van der Waals surface area contributed by atoms with E-state index in [1.54, 1.807) is 13.8 Å². The summed E-state index contributed by atoms with van der Waals surface area (Å²) < 4.78 is 9.69. The van der Waals surface area contributed by atoms with Crippen molar-refractivity contribution in [3.8, 4) is 0 Å². The van der Waals surface area contributed by atoms with Crippen LogP contribution in [0.25, 0.3) is 0 Å². The molecule has 0 bridgehead atoms. The standard InChI is InChI=1S/C7H13NO3/c1-3-10-5-6(7(8)9)11-4-2/h5H,3-4H2,1-2H3,(H2,8,9). The van der Waals surface area contributed by atoms with Crippen molar-refractivity contribution in [2.45, 2.75) is 13.8 Å². The van der Waals surface area contributed by atoms with Crippen molar-refractivity contribution in [2.75, 3.05) is 13.2 Å². The van der Waals surface area contributed by atoms with E-state index in [2.05, 4.69) is 0 Å². The van der Waals surface area contributed by atoms with Gasteiger partial charge in [0.15, 0.2) is 0 Å². The number of hydrogen-bond acceptors (Lipinski definition) is 3. The van der Waals surface area contributed by atoms with Crippen LogP contribution in [0.5, 0.6) is 0 Å². The molecule has 0 saturated heterocycles. The lowest BCUT2D eigenvalue weighted by Crippen LogP contribution is -2.16. The second-order valence-corrected chi connectivity index (χ2v) is 1.73. The van der Waals surface area contributed by atoms with Gasteiger partial charge in [0.25, 0.3) is 5.91 Å². The molecule has 0 rings (SSSR count). The molecule has 0 spiro atoms. The molecule has 0 aromatic heterocycles. The highest BCUT2D eigenvalue weighted by Crippen LogP contribution is 1.95. The van der Waals surface area contributed by atoms with Gasteiger partial charge >= 0.3 is 0 Å². The maximum absolute atomic E-state index is 10.5. The molecule has 2 N–H and O–H groups in total. The van der Waals surface area contributed by atoms with Gasteiger partial charge in [-0.15, -0.1) is 0 Å². The van der Waals surface area contributed by atoms with Crippen molar-refractivity contribution >= 4 is 5.91 Å². The van der Waals surface area contributed by atoms with Crippen molar-refractivity contribution in [3.05, 3.63) is 12.0 Å². The first-order chi connectivity index (χ1) is 5.22. The molecule has 1 amide bonds. The van der Waals surface area contributed by atoms with Gasteiger partial charge in [0.05, 0.1) is 13.2 Å². The summed E-state index contributed by atoms with van der Waals surface area (Å²) in [6.07, 6.45) is 1.23. The Bertz CT molecular complexity index is 154. The maximum atomic E-state index is 10.5. The SMILES string of the molecule is CCOC=C(OCC)C(N)=O. The second kappa shape index (κ2) is 5.58. The third-order valence-corrected chi connectivity index (χ3v) is 0.900. The third kappa shape index (κ3) is 4.25. The molecular weight excluding hydrogens is 146 g/mol. The minimum absolute atomic E-state index is 0.0642. The normalized spacial score (nSPS) is 10.9. The number of primary amides is 1. The average Bonchev–Trinajstić information content (AvgIpc) is 1.97. The van der Waals surface area contributed by atoms with Crippen LogP contribution in [0, 0.1) is 0 Å². The number of carbonyl (C=O) groups excluding carboxylic acids is 1. The second-order valence-electron chi connectivity index (χ2n) is 1.73. The van der Waals surface area contributed by atoms with Crippen LogP contribution in [-0.4, -0.2) is 19.1 Å². The zero-order valence-electron chi connectivity index (χ0n) is 6.79. The van der Waals surface area contributed by atoms with Gasteiger partial charge in [0, 0.05) is 0 Å². The summed E-state index contributed by atoms with van der Waals surface area (Å²) >= 11 is 0. The zero-order chi connectivity index (χ0) is 8.69. The Morgan fingerprint density at radius 1 is 1.45 bits per heavy atom. The van der Waals surface area contributed by atoms with E-state index in [1.807, 2.05) is 0 Å². The molecule has 0 atom stereocenters. The predicted molar refractivity (Wildman–Crippen MR) is 40.5 cm³/mol. The van der Waals surface area contributed by atoms with Crippen molar-refractivity contribution < 1.29 is 14.3 Å². The highest BCUT2D eigenvalue weighted by atomic mass is 16.5. The Morgan fingerprint density at radius 3 is 2.45 bits per heavy atom. The van der Waals surface area contributed by atoms with Gasteiger partial charge in [-0.2, -0.15) is 0 Å². The van der Waals surface area contributed by atoms with Gasteiger partial charge in [-0.1, -0.05) is 0 Å². The summed E-state index contributed by atoms with van der Waals surface area (Å²) in [6, 6.07) is 0. The Morgan fingerprint density at radius 2 is 2.09 bits per heavy atom. The summed E-state index contributed by atoms with van der Waals surface area (Å²) in [6.45, 7) is 4.47. The molecular formula is C7H13NO3. The van der Waals surface area contributed by atoms with Crippen LogP contribution >= 0.6 is 0 Å². The number of carbonyl (C=O) groups is 1. The highest BCUT2D eigenvalue weighted by molar-refractivity contribution is 5.89. The summed E-state index contributed by atoms with van der Waals surface area (Å²) in [5, 5.41) is 0. The fraction of sp³-hybridized carbons (Fsp3) is 0.571. The minimum atomic E-state index is -0.611. The quantitative estimate of drug-likeness (QED) is 0.466. The number of ether oxygens (including phenoxy) is 2. The first-order valence-corrected chi connectivity index (χ1v) is 3.46. The lowest BCUT2D eigenvalue weighted by molar-refractivity contribution is -0.118. The van der Waals surface area contributed by atoms with Gasteiger partial charge in [-0.3, -0.25) is 4.79 Å². The predicted octanol–water partition coefficient (Wildman–Crippen LogP) is 0.386. The van der Waals surface area contributed by atoms with Gasteiger partial charge in [-0.05, 0) is 13.8 Å². The zero-order valence-corrected chi connectivity index (χ0v) is 6.79. The summed E-state index contributed by atoms with van der Waals surface area (Å²) in [5.41, 5.74) is 4.95. The van der Waals surface area contributed by atoms with E-state index in [9.17, 15) is 4.79 Å². The Kier molecular flexibility index (Phi) is 4.98. The lowest BCUT2D eigenvalue weighted by atomic mass is 10.5. The van der Waals surface area contributed by atoms with Crippen molar-refractivity contribution in [1.29, 1.82) is 0 Å². The topological polar surface area (TPSA) is 61.6 Å². The number of hydrogen-bond donors (Lipinski definition) is 1. The van der Waals surface area contributed by atoms with Crippen LogP contribution in [0.15, 0.2) is 12.0 Å². The van der Waals surface area contributed by atoms with E-state index in [-0.39, 0.29) is 5.76 Å². The van der Waals surface area contributed by atoms with E-state index in [1.165, 1.54) is 6.26 Å². The molecule has 0 aliphatic heterocycles. The molecule has 0 saturated carbocycles. The molecule has 0 aliphatic rings. The first-order valence-electron chi connectivity index (χ1n) is 3.46. The van der Waals surface area contributed by atoms with Crippen LogP contribution in [0.4, 0.5) is 0 Å². The number of amides is 1. The Balaban J connectivity index is 3.97. The summed E-state index contributed by atoms with van der Waals surface area (Å²) in [4.78, 5) is 10.5. The molecule has 0 aliphatic carbocycles. The fourth-order valence-electron chi connectivity index (χ4n) is 0.478. The van der Waals surface area contributed by atoms with Crippen LogP contribution < -0.4 is 5.73 Å². The van der Waals surface area contributed by atoms with Gasteiger partial charge in [0.1, 0.15) is 6.26 Å². The Hall–Kier alpha value is -1.19. The summed E-state index contributed by atoms with van der Waals surface area (Å²) in [5.74, 6) is -0.547. The number of nitrogens with two attached hydrogens (primary N) is 1. The third-order valence-electron chi connectivity index (χ3n) is 0.900. The maximum Gasteiger partial charge on any atom is 0.287 e. The van der Waals surface area contributed by atoms with Crippen molar-refractivity contribution in [3.63, 3.8) is 0 Å². The summed E-state index contributed by atoms with van der Waals surface area (Å²) in [7, 11) is 0. The molecule has 0 heterocycles. The number of rotatable bonds is 5. The molecule has 0 aromatic rings. The van der Waals surface area contributed by atoms with Crippen LogP contribution in [-0.2, 0) is 14.3 Å². The van der Waals surface area contributed by atoms with Crippen LogP contribution in [0.1, 0.15) is 13.8 Å². The van der Waals surface area contributed by atoms with Crippen molar-refractivity contribution in [1.82, 2.24) is 0 Å². The highest BCUT2D eigenvalue weighted by Gasteiger charge is 2.04. The average molecular weight is 159 g/mol. The van der Waals surface area contributed by atoms with Crippen molar-refractivity contribution in [2.24, 2.45) is 5.73 Å². The van der Waals surface area contributed by atoms with Crippen LogP contribution in [0.2, 0.25) is 0 Å². The lowest BCUT2D eigenvalue weighted by Gasteiger charge is -2.03. The van der Waals surface area contributed by atoms with Gasteiger partial charge in [0.2, 0.25) is 5.76 Å². The molecule has 0 fully saturated rings. The fourth-order valence-corrected chi connectivity index (χ4v) is 0.478. The van der Waals surface area contributed by atoms with E-state index < -0.39 is 5.91 Å². The molecule has 0 radical (unpaired) electrons. The first kappa shape index (κ1) is 9.81. The van der Waals surface area contributed by atoms with E-state index in [4.69, 9.17) is 15.2 Å². The largest absolute Gasteiger partial charge is 0.497 e. The Labute approximate surface area is 66.0 Å². The van der Waals surface area contributed by atoms with E-state index in [0.717, 1.165) is 0 Å². The monoisotopic (exact) mass is 159 g/mol. The minimum Gasteiger partial charge on any atom is -0.497 e. The smallest absolute Gasteiger partial charge is 0.287 e.